The van der Waals surface area contributed by atoms with E-state index >= 15 is 0 Å². The smallest absolute Gasteiger partial charge is 0.224 e. The van der Waals surface area contributed by atoms with Crippen molar-refractivity contribution in [2.24, 2.45) is 0 Å². The van der Waals surface area contributed by atoms with Gasteiger partial charge in [-0.1, -0.05) is 36.4 Å². The van der Waals surface area contributed by atoms with E-state index in [-0.39, 0.29) is 5.91 Å². The van der Waals surface area contributed by atoms with Crippen LogP contribution in [0, 0.1) is 0 Å². The first-order valence-corrected chi connectivity index (χ1v) is 6.08. The molecule has 1 amide bonds. The van der Waals surface area contributed by atoms with E-state index in [9.17, 15) is 4.79 Å². The van der Waals surface area contributed by atoms with Crippen molar-refractivity contribution in [3.8, 4) is 0 Å². The summed E-state index contributed by atoms with van der Waals surface area (Å²) in [7, 11) is 0. The highest BCUT2D eigenvalue weighted by Crippen LogP contribution is 2.04. The van der Waals surface area contributed by atoms with Gasteiger partial charge in [0.1, 0.15) is 0 Å². The minimum Gasteiger partial charge on any atom is -0.330 e. The molecule has 3 heteroatoms. The first kappa shape index (κ1) is 11.9. The zero-order chi connectivity index (χ0) is 11.9. The Labute approximate surface area is 102 Å². The normalized spacial score (nSPS) is 15.2. The Morgan fingerprint density at radius 2 is 2.12 bits per heavy atom. The fourth-order valence-corrected chi connectivity index (χ4v) is 1.88. The first-order chi connectivity index (χ1) is 8.34. The number of carbonyl (C=O) groups is 1. The lowest BCUT2D eigenvalue weighted by Crippen LogP contribution is -2.30. The van der Waals surface area contributed by atoms with Gasteiger partial charge in [0.25, 0.3) is 0 Å². The van der Waals surface area contributed by atoms with Crippen LogP contribution >= 0.6 is 0 Å². The maximum atomic E-state index is 11.7. The number of carbonyl (C=O) groups excluding carboxylic acids is 1. The van der Waals surface area contributed by atoms with Crippen LogP contribution in [-0.4, -0.2) is 19.0 Å². The maximum Gasteiger partial charge on any atom is 0.224 e. The van der Waals surface area contributed by atoms with E-state index in [1.54, 1.807) is 0 Å². The minimum absolute atomic E-state index is 0.113. The molecule has 0 aliphatic carbocycles. The molecule has 1 aromatic carbocycles. The summed E-state index contributed by atoms with van der Waals surface area (Å²) in [5.41, 5.74) is 2.27. The number of nitrogens with one attached hydrogen (secondary N) is 2. The second-order valence-electron chi connectivity index (χ2n) is 4.22. The molecular weight excluding hydrogens is 212 g/mol. The molecule has 0 unspecified atom stereocenters. The van der Waals surface area contributed by atoms with Crippen LogP contribution in [0.5, 0.6) is 0 Å². The van der Waals surface area contributed by atoms with Gasteiger partial charge in [-0.3, -0.25) is 4.79 Å². The van der Waals surface area contributed by atoms with Gasteiger partial charge < -0.3 is 10.6 Å². The lowest BCUT2D eigenvalue weighted by Gasteiger charge is -2.14. The second-order valence-corrected chi connectivity index (χ2v) is 4.22. The summed E-state index contributed by atoms with van der Waals surface area (Å²) in [5.74, 6) is 0.113. The molecule has 0 saturated heterocycles. The molecule has 3 nitrogen and oxygen atoms in total. The fraction of sp³-hybridized carbons (Fsp3) is 0.357. The summed E-state index contributed by atoms with van der Waals surface area (Å²) in [6, 6.07) is 10.1. The van der Waals surface area contributed by atoms with Crippen LogP contribution in [0.4, 0.5) is 0 Å². The molecule has 0 saturated carbocycles. The van der Waals surface area contributed by atoms with Crippen molar-refractivity contribution < 1.29 is 4.79 Å². The van der Waals surface area contributed by atoms with Crippen molar-refractivity contribution in [2.45, 2.75) is 19.3 Å². The highest BCUT2D eigenvalue weighted by Gasteiger charge is 2.07. The van der Waals surface area contributed by atoms with Crippen molar-refractivity contribution in [2.75, 3.05) is 13.1 Å². The average Bonchev–Trinajstić information content (AvgIpc) is 2.39. The second kappa shape index (κ2) is 6.21. The largest absolute Gasteiger partial charge is 0.330 e. The molecule has 1 aliphatic heterocycles. The molecule has 17 heavy (non-hydrogen) atoms. The van der Waals surface area contributed by atoms with Gasteiger partial charge in [0, 0.05) is 25.2 Å². The molecule has 2 rings (SSSR count). The SMILES string of the molecule is O=C(CCc1ccccc1)NC1=CCNCC1. The van der Waals surface area contributed by atoms with E-state index in [4.69, 9.17) is 0 Å². The number of hydrogen-bond donors (Lipinski definition) is 2. The number of rotatable bonds is 4. The van der Waals surface area contributed by atoms with Gasteiger partial charge in [-0.15, -0.1) is 0 Å². The van der Waals surface area contributed by atoms with E-state index < -0.39 is 0 Å². The van der Waals surface area contributed by atoms with Crippen molar-refractivity contribution in [3.63, 3.8) is 0 Å². The molecule has 0 bridgehead atoms. The third-order valence-corrected chi connectivity index (χ3v) is 2.85. The van der Waals surface area contributed by atoms with Crippen LogP contribution in [0.1, 0.15) is 18.4 Å². The highest BCUT2D eigenvalue weighted by atomic mass is 16.1. The quantitative estimate of drug-likeness (QED) is 0.825. The average molecular weight is 230 g/mol. The topological polar surface area (TPSA) is 41.1 Å². The van der Waals surface area contributed by atoms with Gasteiger partial charge in [0.15, 0.2) is 0 Å². The number of amides is 1. The summed E-state index contributed by atoms with van der Waals surface area (Å²) >= 11 is 0. The molecule has 0 radical (unpaired) electrons. The summed E-state index contributed by atoms with van der Waals surface area (Å²) < 4.78 is 0. The van der Waals surface area contributed by atoms with Crippen molar-refractivity contribution in [3.05, 3.63) is 47.7 Å². The van der Waals surface area contributed by atoms with E-state index in [2.05, 4.69) is 22.8 Å². The van der Waals surface area contributed by atoms with E-state index in [1.165, 1.54) is 5.56 Å². The number of aryl methyl sites for hydroxylation is 1. The van der Waals surface area contributed by atoms with Gasteiger partial charge in [-0.25, -0.2) is 0 Å². The van der Waals surface area contributed by atoms with Crippen LogP contribution in [0.15, 0.2) is 42.1 Å². The third-order valence-electron chi connectivity index (χ3n) is 2.85. The number of hydrogen-bond acceptors (Lipinski definition) is 2. The predicted molar refractivity (Wildman–Crippen MR) is 68.5 cm³/mol. The highest BCUT2D eigenvalue weighted by molar-refractivity contribution is 5.78. The zero-order valence-electron chi connectivity index (χ0n) is 9.91. The van der Waals surface area contributed by atoms with Crippen molar-refractivity contribution >= 4 is 5.91 Å². The molecule has 2 N–H and O–H groups in total. The van der Waals surface area contributed by atoms with Gasteiger partial charge >= 0.3 is 0 Å². The Balaban J connectivity index is 1.76. The Bertz CT molecular complexity index is 398. The predicted octanol–water partition coefficient (Wildman–Crippen LogP) is 1.61. The van der Waals surface area contributed by atoms with Crippen LogP contribution in [0.2, 0.25) is 0 Å². The van der Waals surface area contributed by atoms with Crippen LogP contribution in [0.3, 0.4) is 0 Å². The summed E-state index contributed by atoms with van der Waals surface area (Å²) in [5, 5.41) is 6.19. The molecule has 1 aliphatic rings. The zero-order valence-corrected chi connectivity index (χ0v) is 9.91. The van der Waals surface area contributed by atoms with Crippen molar-refractivity contribution in [1.82, 2.24) is 10.6 Å². The molecule has 90 valence electrons. The Hall–Kier alpha value is -1.61. The molecule has 0 spiro atoms. The maximum absolute atomic E-state index is 11.7. The Kier molecular flexibility index (Phi) is 4.33. The van der Waals surface area contributed by atoms with Gasteiger partial charge in [0.2, 0.25) is 5.91 Å². The summed E-state index contributed by atoms with van der Waals surface area (Å²) in [6.07, 6.45) is 4.31. The molecule has 0 aromatic heterocycles. The van der Waals surface area contributed by atoms with Gasteiger partial charge in [-0.05, 0) is 18.4 Å². The molecule has 0 fully saturated rings. The molecular formula is C14H18N2O. The first-order valence-electron chi connectivity index (χ1n) is 6.08. The summed E-state index contributed by atoms with van der Waals surface area (Å²) in [6.45, 7) is 1.80. The Morgan fingerprint density at radius 1 is 1.29 bits per heavy atom. The standard InChI is InChI=1S/C14H18N2O/c17-14(16-13-8-10-15-11-9-13)7-6-12-4-2-1-3-5-12/h1-5,8,15H,6-7,9-11H2,(H,16,17). The van der Waals surface area contributed by atoms with Gasteiger partial charge in [-0.2, -0.15) is 0 Å². The molecule has 0 atom stereocenters. The lowest BCUT2D eigenvalue weighted by atomic mass is 10.1. The third kappa shape index (κ3) is 4.04. The number of benzene rings is 1. The monoisotopic (exact) mass is 230 g/mol. The van der Waals surface area contributed by atoms with Gasteiger partial charge in [0.05, 0.1) is 0 Å². The van der Waals surface area contributed by atoms with E-state index in [1.807, 2.05) is 24.3 Å². The van der Waals surface area contributed by atoms with Crippen molar-refractivity contribution in [1.29, 1.82) is 0 Å². The lowest BCUT2D eigenvalue weighted by molar-refractivity contribution is -0.120. The van der Waals surface area contributed by atoms with Crippen LogP contribution < -0.4 is 10.6 Å². The fourth-order valence-electron chi connectivity index (χ4n) is 1.88. The molecule has 1 aromatic rings. The van der Waals surface area contributed by atoms with Crippen LogP contribution in [-0.2, 0) is 11.2 Å². The minimum atomic E-state index is 0.113. The van der Waals surface area contributed by atoms with E-state index in [0.717, 1.165) is 31.6 Å². The Morgan fingerprint density at radius 3 is 2.82 bits per heavy atom. The van der Waals surface area contributed by atoms with E-state index in [0.29, 0.717) is 6.42 Å². The molecule has 1 heterocycles. The summed E-state index contributed by atoms with van der Waals surface area (Å²) in [4.78, 5) is 11.7. The van der Waals surface area contributed by atoms with Crippen LogP contribution in [0.25, 0.3) is 0 Å².